The number of benzene rings is 1. The number of hydrogen-bond donors (Lipinski definition) is 2. The lowest BCUT2D eigenvalue weighted by Crippen LogP contribution is -2.40. The quantitative estimate of drug-likeness (QED) is 0.429. The molecule has 0 radical (unpaired) electrons. The fourth-order valence-corrected chi connectivity index (χ4v) is 4.58. The molecule has 0 aromatic heterocycles. The zero-order valence-electron chi connectivity index (χ0n) is 16.2. The van der Waals surface area contributed by atoms with E-state index in [1.807, 2.05) is 11.6 Å². The first-order chi connectivity index (χ1) is 13.0. The van der Waals surface area contributed by atoms with Gasteiger partial charge in [0, 0.05) is 26.2 Å². The molecule has 1 aromatic carbocycles. The lowest BCUT2D eigenvalue weighted by atomic mass is 10.1. The highest BCUT2D eigenvalue weighted by molar-refractivity contribution is 7.90. The number of nitrogens with one attached hydrogen (secondary N) is 2. The molecule has 0 aliphatic carbocycles. The summed E-state index contributed by atoms with van der Waals surface area (Å²) >= 11 is 0. The fourth-order valence-electron chi connectivity index (χ4n) is 2.24. The summed E-state index contributed by atoms with van der Waals surface area (Å²) in [5.41, 5.74) is -0.501. The lowest BCUT2D eigenvalue weighted by Gasteiger charge is -2.17. The SMILES string of the molecule is CCCCNC(=O)NS(=O)(=O)Cc1c(C(=O)OC)cccc1S(=O)(=O)N(C)C. The molecular weight excluding hydrogens is 410 g/mol. The summed E-state index contributed by atoms with van der Waals surface area (Å²) in [6, 6.07) is 2.82. The van der Waals surface area contributed by atoms with E-state index in [2.05, 4.69) is 10.1 Å². The summed E-state index contributed by atoms with van der Waals surface area (Å²) in [6.07, 6.45) is 1.48. The molecule has 0 heterocycles. The standard InChI is InChI=1S/C16H25N3O7S2/c1-5-6-10-17-16(21)18-27(22,23)11-13-12(15(20)26-4)8-7-9-14(13)28(24,25)19(2)3/h7-9H,5-6,10-11H2,1-4H3,(H2,17,18,21). The van der Waals surface area contributed by atoms with Gasteiger partial charge in [0.05, 0.1) is 23.3 Å². The van der Waals surface area contributed by atoms with Crippen molar-refractivity contribution in [1.82, 2.24) is 14.3 Å². The Morgan fingerprint density at radius 2 is 1.79 bits per heavy atom. The van der Waals surface area contributed by atoms with E-state index >= 15 is 0 Å². The van der Waals surface area contributed by atoms with Gasteiger partial charge in [0.2, 0.25) is 20.0 Å². The Morgan fingerprint density at radius 3 is 2.32 bits per heavy atom. The Hall–Kier alpha value is -2.18. The van der Waals surface area contributed by atoms with Crippen LogP contribution in [0, 0.1) is 0 Å². The van der Waals surface area contributed by atoms with Gasteiger partial charge in [0.25, 0.3) is 0 Å². The zero-order valence-corrected chi connectivity index (χ0v) is 17.8. The highest BCUT2D eigenvalue weighted by Crippen LogP contribution is 2.25. The second-order valence-corrected chi connectivity index (χ2v) is 9.87. The molecule has 1 rings (SSSR count). The topological polar surface area (TPSA) is 139 Å². The lowest BCUT2D eigenvalue weighted by molar-refractivity contribution is 0.0599. The summed E-state index contributed by atoms with van der Waals surface area (Å²) in [7, 11) is -4.71. The molecule has 0 aliphatic rings. The molecule has 28 heavy (non-hydrogen) atoms. The number of sulfonamides is 2. The van der Waals surface area contributed by atoms with Gasteiger partial charge in [-0.1, -0.05) is 19.4 Å². The smallest absolute Gasteiger partial charge is 0.338 e. The van der Waals surface area contributed by atoms with Crippen LogP contribution in [0.3, 0.4) is 0 Å². The van der Waals surface area contributed by atoms with Crippen molar-refractivity contribution >= 4 is 32.0 Å². The number of methoxy groups -OCH3 is 1. The van der Waals surface area contributed by atoms with Crippen molar-refractivity contribution in [2.24, 2.45) is 0 Å². The van der Waals surface area contributed by atoms with Gasteiger partial charge in [-0.2, -0.15) is 0 Å². The van der Waals surface area contributed by atoms with Crippen molar-refractivity contribution in [2.45, 2.75) is 30.4 Å². The van der Waals surface area contributed by atoms with Gasteiger partial charge in [0.15, 0.2) is 0 Å². The zero-order chi connectivity index (χ0) is 21.5. The molecule has 0 atom stereocenters. The molecule has 1 aromatic rings. The molecule has 0 fully saturated rings. The number of carbonyl (C=O) groups is 2. The van der Waals surface area contributed by atoms with Crippen LogP contribution in [0.5, 0.6) is 0 Å². The summed E-state index contributed by atoms with van der Waals surface area (Å²) in [5.74, 6) is -1.80. The number of hydrogen-bond acceptors (Lipinski definition) is 7. The number of unbranched alkanes of at least 4 members (excludes halogenated alkanes) is 1. The molecule has 10 nitrogen and oxygen atoms in total. The maximum absolute atomic E-state index is 12.6. The molecule has 0 saturated heterocycles. The number of urea groups is 1. The van der Waals surface area contributed by atoms with E-state index in [-0.39, 0.29) is 22.6 Å². The van der Waals surface area contributed by atoms with Gasteiger partial charge >= 0.3 is 12.0 Å². The van der Waals surface area contributed by atoms with Crippen LogP contribution in [0.25, 0.3) is 0 Å². The molecule has 0 bridgehead atoms. The maximum atomic E-state index is 12.6. The minimum atomic E-state index is -4.30. The Kier molecular flexibility index (Phi) is 8.39. The third-order valence-corrected chi connectivity index (χ3v) is 6.76. The van der Waals surface area contributed by atoms with Gasteiger partial charge in [-0.15, -0.1) is 0 Å². The highest BCUT2D eigenvalue weighted by Gasteiger charge is 2.29. The minimum Gasteiger partial charge on any atom is -0.465 e. The van der Waals surface area contributed by atoms with E-state index in [0.717, 1.165) is 17.8 Å². The summed E-state index contributed by atoms with van der Waals surface area (Å²) in [6.45, 7) is 2.20. The van der Waals surface area contributed by atoms with Crippen LogP contribution < -0.4 is 10.0 Å². The molecule has 158 valence electrons. The van der Waals surface area contributed by atoms with E-state index in [1.165, 1.54) is 32.3 Å². The van der Waals surface area contributed by atoms with E-state index in [1.54, 1.807) is 0 Å². The number of rotatable bonds is 9. The van der Waals surface area contributed by atoms with E-state index in [4.69, 9.17) is 0 Å². The second kappa shape index (κ2) is 9.85. The molecule has 0 unspecified atom stereocenters. The molecule has 12 heteroatoms. The van der Waals surface area contributed by atoms with Gasteiger partial charge < -0.3 is 10.1 Å². The Bertz CT molecular complexity index is 926. The predicted octanol–water partition coefficient (Wildman–Crippen LogP) is 0.653. The molecule has 2 amide bonds. The number of esters is 1. The van der Waals surface area contributed by atoms with Crippen LogP contribution in [0.1, 0.15) is 35.7 Å². The van der Waals surface area contributed by atoms with Gasteiger partial charge in [-0.3, -0.25) is 0 Å². The molecule has 0 saturated carbocycles. The predicted molar refractivity (Wildman–Crippen MR) is 103 cm³/mol. The second-order valence-electron chi connectivity index (χ2n) is 6.03. The normalized spacial score (nSPS) is 11.9. The highest BCUT2D eigenvalue weighted by atomic mass is 32.2. The van der Waals surface area contributed by atoms with Crippen molar-refractivity contribution in [3.05, 3.63) is 29.3 Å². The van der Waals surface area contributed by atoms with Gasteiger partial charge in [-0.05, 0) is 18.6 Å². The fraction of sp³-hybridized carbons (Fsp3) is 0.500. The van der Waals surface area contributed by atoms with Gasteiger partial charge in [-0.25, -0.2) is 35.5 Å². The Balaban J connectivity index is 3.34. The van der Waals surface area contributed by atoms with Crippen LogP contribution >= 0.6 is 0 Å². The number of amides is 2. The summed E-state index contributed by atoms with van der Waals surface area (Å²) in [4.78, 5) is 23.4. The third-order valence-electron chi connectivity index (χ3n) is 3.70. The Labute approximate surface area is 165 Å². The average molecular weight is 436 g/mol. The van der Waals surface area contributed by atoms with Crippen molar-refractivity contribution in [3.63, 3.8) is 0 Å². The minimum absolute atomic E-state index is 0.220. The number of nitrogens with zero attached hydrogens (tertiary/aromatic N) is 1. The first-order valence-electron chi connectivity index (χ1n) is 8.37. The molecule has 0 spiro atoms. The van der Waals surface area contributed by atoms with Crippen LogP contribution in [0.4, 0.5) is 4.79 Å². The number of carbonyl (C=O) groups excluding carboxylic acids is 2. The average Bonchev–Trinajstić information content (AvgIpc) is 2.60. The monoisotopic (exact) mass is 435 g/mol. The van der Waals surface area contributed by atoms with Crippen molar-refractivity contribution in [3.8, 4) is 0 Å². The van der Waals surface area contributed by atoms with E-state index in [9.17, 15) is 26.4 Å². The maximum Gasteiger partial charge on any atom is 0.338 e. The van der Waals surface area contributed by atoms with Crippen LogP contribution in [-0.2, 0) is 30.5 Å². The van der Waals surface area contributed by atoms with Crippen molar-refractivity contribution in [2.75, 3.05) is 27.7 Å². The summed E-state index contributed by atoms with van der Waals surface area (Å²) in [5, 5.41) is 2.39. The van der Waals surface area contributed by atoms with Crippen LogP contribution in [0.15, 0.2) is 23.1 Å². The molecule has 2 N–H and O–H groups in total. The molecule has 0 aliphatic heterocycles. The van der Waals surface area contributed by atoms with E-state index in [0.29, 0.717) is 6.42 Å². The van der Waals surface area contributed by atoms with Crippen LogP contribution in [-0.4, -0.2) is 60.9 Å². The van der Waals surface area contributed by atoms with Crippen LogP contribution in [0.2, 0.25) is 0 Å². The van der Waals surface area contributed by atoms with Crippen molar-refractivity contribution in [1.29, 1.82) is 0 Å². The molecular formula is C16H25N3O7S2. The Morgan fingerprint density at radius 1 is 1.14 bits per heavy atom. The summed E-state index contributed by atoms with van der Waals surface area (Å²) < 4.78 is 57.3. The van der Waals surface area contributed by atoms with E-state index < -0.39 is 37.8 Å². The van der Waals surface area contributed by atoms with Gasteiger partial charge in [0.1, 0.15) is 0 Å². The van der Waals surface area contributed by atoms with Crippen molar-refractivity contribution < 1.29 is 31.2 Å². The first kappa shape index (κ1) is 23.9. The first-order valence-corrected chi connectivity index (χ1v) is 11.5. The third kappa shape index (κ3) is 6.17. The number of ether oxygens (including phenoxy) is 1. The largest absolute Gasteiger partial charge is 0.465 e.